The molecule has 230 valence electrons. The Morgan fingerprint density at radius 3 is 2.56 bits per heavy atom. The Bertz CT molecular complexity index is 1020. The summed E-state index contributed by atoms with van der Waals surface area (Å²) < 4.78 is 49.9. The molecule has 0 spiro atoms. The number of rotatable bonds is 18. The standard InChI is InChI=1S/C29H40Cl2F3N3O4/c1-4-5-6-7-22(2)27(36(3)28(38)19-23-8-9-25(30)26(31)18-23)21-37-12-10-24(20-37)35-11-13-39-14-15-40-16-17-41-29(32,33)34/h4-9,18,24,27,35H,2,10-17,19-21H2,1,3H3/b5-4-,7-6-/t24-,27+/m0/s1. The number of likely N-dealkylation sites (tertiary alicyclic amines) is 1. The highest BCUT2D eigenvalue weighted by Crippen LogP contribution is 2.24. The minimum absolute atomic E-state index is 0.0446. The number of hydrogen-bond donors (Lipinski definition) is 1. The first-order chi connectivity index (χ1) is 19.5. The van der Waals surface area contributed by atoms with E-state index in [-0.39, 0.29) is 44.2 Å². The van der Waals surface area contributed by atoms with Crippen LogP contribution >= 0.6 is 23.2 Å². The maximum absolute atomic E-state index is 13.2. The number of allylic oxidation sites excluding steroid dienone is 3. The van der Waals surface area contributed by atoms with Crippen LogP contribution in [0.25, 0.3) is 0 Å². The summed E-state index contributed by atoms with van der Waals surface area (Å²) in [6.07, 6.45) is 4.22. The summed E-state index contributed by atoms with van der Waals surface area (Å²) in [5.74, 6) is -0.0446. The Hall–Kier alpha value is -1.92. The number of carbonyl (C=O) groups excluding carboxylic acids is 1. The molecule has 0 bridgehead atoms. The van der Waals surface area contributed by atoms with Gasteiger partial charge in [0.25, 0.3) is 0 Å². The maximum atomic E-state index is 13.2. The molecule has 0 saturated carbocycles. The highest BCUT2D eigenvalue weighted by molar-refractivity contribution is 6.42. The lowest BCUT2D eigenvalue weighted by Gasteiger charge is -2.32. The van der Waals surface area contributed by atoms with Crippen LogP contribution < -0.4 is 5.32 Å². The van der Waals surface area contributed by atoms with Crippen LogP contribution in [0.2, 0.25) is 10.0 Å². The van der Waals surface area contributed by atoms with Crippen LogP contribution in [0.15, 0.2) is 54.7 Å². The average molecular weight is 623 g/mol. The number of carbonyl (C=O) groups is 1. The van der Waals surface area contributed by atoms with Crippen LogP contribution in [0.1, 0.15) is 18.9 Å². The van der Waals surface area contributed by atoms with E-state index in [1.807, 2.05) is 31.2 Å². The summed E-state index contributed by atoms with van der Waals surface area (Å²) in [6, 6.07) is 5.27. The number of benzene rings is 1. The van der Waals surface area contributed by atoms with Gasteiger partial charge in [0, 0.05) is 32.7 Å². The molecular formula is C29H40Cl2F3N3O4. The van der Waals surface area contributed by atoms with E-state index >= 15 is 0 Å². The third-order valence-electron chi connectivity index (χ3n) is 6.49. The Labute approximate surface area is 250 Å². The second-order valence-corrected chi connectivity index (χ2v) is 10.4. The largest absolute Gasteiger partial charge is 0.522 e. The van der Waals surface area contributed by atoms with Crippen LogP contribution in [-0.2, 0) is 25.4 Å². The van der Waals surface area contributed by atoms with Gasteiger partial charge in [0.2, 0.25) is 5.91 Å². The van der Waals surface area contributed by atoms with Crippen molar-refractivity contribution in [3.05, 3.63) is 70.3 Å². The summed E-state index contributed by atoms with van der Waals surface area (Å²) in [6.45, 7) is 9.44. The van der Waals surface area contributed by atoms with Gasteiger partial charge < -0.3 is 19.7 Å². The van der Waals surface area contributed by atoms with Gasteiger partial charge in [-0.05, 0) is 43.2 Å². The van der Waals surface area contributed by atoms with Crippen molar-refractivity contribution in [3.63, 3.8) is 0 Å². The minimum Gasteiger partial charge on any atom is -0.378 e. The average Bonchev–Trinajstić information content (AvgIpc) is 3.36. The van der Waals surface area contributed by atoms with Crippen molar-refractivity contribution in [2.45, 2.75) is 38.2 Å². The predicted molar refractivity (Wildman–Crippen MR) is 156 cm³/mol. The predicted octanol–water partition coefficient (Wildman–Crippen LogP) is 5.28. The molecule has 2 rings (SSSR count). The highest BCUT2D eigenvalue weighted by Gasteiger charge is 2.29. The first-order valence-electron chi connectivity index (χ1n) is 13.5. The van der Waals surface area contributed by atoms with Crippen LogP contribution in [0, 0.1) is 0 Å². The topological polar surface area (TPSA) is 63.3 Å². The quantitative estimate of drug-likeness (QED) is 0.178. The van der Waals surface area contributed by atoms with Crippen molar-refractivity contribution in [1.82, 2.24) is 15.1 Å². The van der Waals surface area contributed by atoms with Crippen molar-refractivity contribution in [1.29, 1.82) is 0 Å². The van der Waals surface area contributed by atoms with E-state index < -0.39 is 13.0 Å². The van der Waals surface area contributed by atoms with E-state index in [0.717, 1.165) is 30.6 Å². The molecule has 0 radical (unpaired) electrons. The highest BCUT2D eigenvalue weighted by atomic mass is 35.5. The van der Waals surface area contributed by atoms with Crippen LogP contribution in [0.4, 0.5) is 13.2 Å². The monoisotopic (exact) mass is 621 g/mol. The molecule has 12 heteroatoms. The minimum atomic E-state index is -4.64. The van der Waals surface area contributed by atoms with Crippen molar-refractivity contribution >= 4 is 29.1 Å². The van der Waals surface area contributed by atoms with Gasteiger partial charge in [-0.3, -0.25) is 14.4 Å². The van der Waals surface area contributed by atoms with E-state index in [2.05, 4.69) is 21.5 Å². The Morgan fingerprint density at radius 2 is 1.88 bits per heavy atom. The molecule has 7 nitrogen and oxygen atoms in total. The van der Waals surface area contributed by atoms with Crippen LogP contribution in [0.5, 0.6) is 0 Å². The fourth-order valence-corrected chi connectivity index (χ4v) is 4.62. The summed E-state index contributed by atoms with van der Waals surface area (Å²) in [7, 11) is 1.80. The molecule has 0 aliphatic carbocycles. The molecule has 1 aliphatic heterocycles. The van der Waals surface area contributed by atoms with E-state index in [9.17, 15) is 18.0 Å². The molecule has 1 amide bonds. The Kier molecular flexibility index (Phi) is 16.0. The van der Waals surface area contributed by atoms with Gasteiger partial charge in [-0.2, -0.15) is 0 Å². The van der Waals surface area contributed by atoms with Gasteiger partial charge in [0.15, 0.2) is 0 Å². The fourth-order valence-electron chi connectivity index (χ4n) is 4.30. The third-order valence-corrected chi connectivity index (χ3v) is 7.23. The number of amides is 1. The van der Waals surface area contributed by atoms with Gasteiger partial charge in [0.05, 0.1) is 55.5 Å². The lowest BCUT2D eigenvalue weighted by molar-refractivity contribution is -0.327. The molecular weight excluding hydrogens is 582 g/mol. The summed E-state index contributed by atoms with van der Waals surface area (Å²) in [5, 5.41) is 4.34. The smallest absolute Gasteiger partial charge is 0.378 e. The molecule has 1 aromatic carbocycles. The van der Waals surface area contributed by atoms with Gasteiger partial charge in [-0.25, -0.2) is 0 Å². The van der Waals surface area contributed by atoms with Crippen molar-refractivity contribution < 1.29 is 32.2 Å². The van der Waals surface area contributed by atoms with Gasteiger partial charge in [-0.1, -0.05) is 60.2 Å². The van der Waals surface area contributed by atoms with Crippen molar-refractivity contribution in [2.75, 3.05) is 66.3 Å². The molecule has 0 aromatic heterocycles. The first-order valence-corrected chi connectivity index (χ1v) is 14.3. The third kappa shape index (κ3) is 14.2. The van der Waals surface area contributed by atoms with E-state index in [4.69, 9.17) is 32.7 Å². The molecule has 0 unspecified atom stereocenters. The van der Waals surface area contributed by atoms with Gasteiger partial charge >= 0.3 is 6.36 Å². The maximum Gasteiger partial charge on any atom is 0.522 e. The molecule has 1 heterocycles. The number of nitrogens with one attached hydrogen (secondary N) is 1. The van der Waals surface area contributed by atoms with Gasteiger partial charge in [0.1, 0.15) is 0 Å². The molecule has 1 N–H and O–H groups in total. The van der Waals surface area contributed by atoms with Crippen molar-refractivity contribution in [3.8, 4) is 0 Å². The van der Waals surface area contributed by atoms with Crippen molar-refractivity contribution in [2.24, 2.45) is 0 Å². The molecule has 41 heavy (non-hydrogen) atoms. The zero-order valence-electron chi connectivity index (χ0n) is 23.6. The number of alkyl halides is 3. The number of ether oxygens (including phenoxy) is 3. The van der Waals surface area contributed by atoms with Crippen LogP contribution in [-0.4, -0.2) is 100 Å². The second kappa shape index (κ2) is 18.6. The van der Waals surface area contributed by atoms with Gasteiger partial charge in [-0.15, -0.1) is 13.2 Å². The SMILES string of the molecule is C=C(/C=C\C=C/C)[C@@H](CN1CC[C@H](NCCOCCOCCOC(F)(F)F)C1)N(C)C(=O)Cc1ccc(Cl)c(Cl)c1. The lowest BCUT2D eigenvalue weighted by atomic mass is 10.0. The van der Waals surface area contributed by atoms with E-state index in [1.165, 1.54) is 0 Å². The first kappa shape index (κ1) is 35.3. The Morgan fingerprint density at radius 1 is 1.17 bits per heavy atom. The second-order valence-electron chi connectivity index (χ2n) is 9.62. The zero-order valence-corrected chi connectivity index (χ0v) is 25.1. The molecule has 1 saturated heterocycles. The van der Waals surface area contributed by atoms with E-state index in [1.54, 1.807) is 30.1 Å². The summed E-state index contributed by atoms with van der Waals surface area (Å²) in [5.41, 5.74) is 1.63. The normalized spacial score (nSPS) is 17.1. The van der Waals surface area contributed by atoms with Crippen LogP contribution in [0.3, 0.4) is 0 Å². The Balaban J connectivity index is 1.79. The summed E-state index contributed by atoms with van der Waals surface area (Å²) in [4.78, 5) is 17.3. The number of hydrogen-bond acceptors (Lipinski definition) is 6. The zero-order chi connectivity index (χ0) is 30.3. The lowest BCUT2D eigenvalue weighted by Crippen LogP contribution is -2.46. The number of halogens is 5. The van der Waals surface area contributed by atoms with E-state index in [0.29, 0.717) is 29.7 Å². The number of likely N-dealkylation sites (N-methyl/N-ethyl adjacent to an activating group) is 1. The molecule has 2 atom stereocenters. The molecule has 1 fully saturated rings. The number of nitrogens with zero attached hydrogens (tertiary/aromatic N) is 2. The fraction of sp³-hybridized carbons (Fsp3) is 0.552. The molecule has 1 aromatic rings. The summed E-state index contributed by atoms with van der Waals surface area (Å²) >= 11 is 12.2. The molecule has 1 aliphatic rings.